The van der Waals surface area contributed by atoms with Crippen LogP contribution < -0.4 is 14.8 Å². The lowest BCUT2D eigenvalue weighted by Crippen LogP contribution is -2.34. The van der Waals surface area contributed by atoms with Crippen LogP contribution in [0, 0.1) is 5.92 Å². The molecular formula is C16H22BrNO4. The van der Waals surface area contributed by atoms with Crippen LogP contribution in [0.4, 0.5) is 0 Å². The normalized spacial score (nSPS) is 21.4. The number of benzene rings is 1. The highest BCUT2D eigenvalue weighted by Gasteiger charge is 2.25. The summed E-state index contributed by atoms with van der Waals surface area (Å²) in [4.78, 5) is 11.0. The maximum atomic E-state index is 11.0. The Morgan fingerprint density at radius 2 is 1.95 bits per heavy atom. The lowest BCUT2D eigenvalue weighted by atomic mass is 9.86. The summed E-state index contributed by atoms with van der Waals surface area (Å²) >= 11 is 3.56. The van der Waals surface area contributed by atoms with E-state index in [1.165, 1.54) is 0 Å². The molecule has 5 nitrogen and oxygen atoms in total. The second-order valence-electron chi connectivity index (χ2n) is 5.56. The van der Waals surface area contributed by atoms with Crippen LogP contribution in [0.2, 0.25) is 0 Å². The third kappa shape index (κ3) is 4.14. The van der Waals surface area contributed by atoms with Gasteiger partial charge in [0.05, 0.1) is 20.1 Å². The number of carbonyl (C=O) groups is 1. The largest absolute Gasteiger partial charge is 0.497 e. The average Bonchev–Trinajstić information content (AvgIpc) is 2.53. The van der Waals surface area contributed by atoms with Gasteiger partial charge >= 0.3 is 5.97 Å². The summed E-state index contributed by atoms with van der Waals surface area (Å²) in [5, 5.41) is 12.5. The van der Waals surface area contributed by atoms with Gasteiger partial charge < -0.3 is 19.9 Å². The molecule has 1 aromatic rings. The number of rotatable bonds is 6. The van der Waals surface area contributed by atoms with Crippen molar-refractivity contribution in [3.05, 3.63) is 22.2 Å². The van der Waals surface area contributed by atoms with Crippen molar-refractivity contribution in [2.45, 2.75) is 38.3 Å². The van der Waals surface area contributed by atoms with E-state index < -0.39 is 5.97 Å². The van der Waals surface area contributed by atoms with Gasteiger partial charge in [0.25, 0.3) is 0 Å². The van der Waals surface area contributed by atoms with Crippen molar-refractivity contribution >= 4 is 21.9 Å². The molecule has 2 rings (SSSR count). The van der Waals surface area contributed by atoms with Crippen molar-refractivity contribution in [2.24, 2.45) is 5.92 Å². The number of nitrogens with one attached hydrogen (secondary N) is 1. The van der Waals surface area contributed by atoms with Gasteiger partial charge in [-0.05, 0) is 31.7 Å². The number of hydrogen-bond donors (Lipinski definition) is 2. The number of carboxylic acid groups (broad SMARTS) is 1. The summed E-state index contributed by atoms with van der Waals surface area (Å²) in [7, 11) is 3.27. The van der Waals surface area contributed by atoms with Crippen LogP contribution in [-0.2, 0) is 11.3 Å². The van der Waals surface area contributed by atoms with E-state index in [9.17, 15) is 4.79 Å². The fourth-order valence-electron chi connectivity index (χ4n) is 2.85. The Morgan fingerprint density at radius 3 is 2.50 bits per heavy atom. The number of hydrogen-bond acceptors (Lipinski definition) is 4. The van der Waals surface area contributed by atoms with Gasteiger partial charge in [0.2, 0.25) is 0 Å². The molecule has 6 heteroatoms. The van der Waals surface area contributed by atoms with Gasteiger partial charge in [-0.15, -0.1) is 0 Å². The van der Waals surface area contributed by atoms with Crippen molar-refractivity contribution in [1.29, 1.82) is 0 Å². The highest BCUT2D eigenvalue weighted by atomic mass is 79.9. The maximum Gasteiger partial charge on any atom is 0.306 e. The molecule has 0 unspecified atom stereocenters. The molecule has 1 aromatic carbocycles. The van der Waals surface area contributed by atoms with E-state index in [4.69, 9.17) is 14.6 Å². The van der Waals surface area contributed by atoms with Gasteiger partial charge in [-0.25, -0.2) is 0 Å². The Labute approximate surface area is 139 Å². The zero-order valence-electron chi connectivity index (χ0n) is 12.9. The van der Waals surface area contributed by atoms with Crippen molar-refractivity contribution in [3.63, 3.8) is 0 Å². The first-order chi connectivity index (χ1) is 10.5. The molecule has 0 saturated heterocycles. The van der Waals surface area contributed by atoms with Crippen molar-refractivity contribution in [2.75, 3.05) is 14.2 Å². The first-order valence-electron chi connectivity index (χ1n) is 7.41. The van der Waals surface area contributed by atoms with Crippen LogP contribution in [0.15, 0.2) is 16.6 Å². The van der Waals surface area contributed by atoms with E-state index in [0.717, 1.165) is 47.2 Å². The van der Waals surface area contributed by atoms with Gasteiger partial charge in [-0.3, -0.25) is 4.79 Å². The Bertz CT molecular complexity index is 527. The molecule has 0 radical (unpaired) electrons. The zero-order chi connectivity index (χ0) is 16.1. The minimum absolute atomic E-state index is 0.180. The van der Waals surface area contributed by atoms with Gasteiger partial charge in [-0.1, -0.05) is 15.9 Å². The second-order valence-corrected chi connectivity index (χ2v) is 6.41. The average molecular weight is 372 g/mol. The lowest BCUT2D eigenvalue weighted by molar-refractivity contribution is -0.142. The molecule has 1 saturated carbocycles. The van der Waals surface area contributed by atoms with Gasteiger partial charge in [0, 0.05) is 28.7 Å². The first kappa shape index (κ1) is 17.1. The highest BCUT2D eigenvalue weighted by molar-refractivity contribution is 9.10. The maximum absolute atomic E-state index is 11.0. The molecule has 0 amide bonds. The quantitative estimate of drug-likeness (QED) is 0.803. The van der Waals surface area contributed by atoms with Crippen LogP contribution in [0.1, 0.15) is 31.2 Å². The van der Waals surface area contributed by atoms with Crippen molar-refractivity contribution in [3.8, 4) is 11.5 Å². The SMILES string of the molecule is COc1cc(Br)c(CNC2CCC(C(=O)O)CC2)c(OC)c1. The predicted octanol–water partition coefficient (Wildman–Crippen LogP) is 3.20. The number of aliphatic carboxylic acids is 1. The molecule has 0 aromatic heterocycles. The number of carboxylic acids is 1. The Kier molecular flexibility index (Phi) is 6.08. The predicted molar refractivity (Wildman–Crippen MR) is 87.5 cm³/mol. The number of ether oxygens (including phenoxy) is 2. The summed E-state index contributed by atoms with van der Waals surface area (Å²) in [6.07, 6.45) is 3.28. The Morgan fingerprint density at radius 1 is 1.27 bits per heavy atom. The lowest BCUT2D eigenvalue weighted by Gasteiger charge is -2.27. The summed E-state index contributed by atoms with van der Waals surface area (Å²) in [6, 6.07) is 4.14. The number of methoxy groups -OCH3 is 2. The zero-order valence-corrected chi connectivity index (χ0v) is 14.5. The van der Waals surface area contributed by atoms with E-state index >= 15 is 0 Å². The van der Waals surface area contributed by atoms with Crippen molar-refractivity contribution in [1.82, 2.24) is 5.32 Å². The van der Waals surface area contributed by atoms with Gasteiger partial charge in [0.15, 0.2) is 0 Å². The first-order valence-corrected chi connectivity index (χ1v) is 8.21. The summed E-state index contributed by atoms with van der Waals surface area (Å²) in [5.41, 5.74) is 1.05. The molecule has 0 atom stereocenters. The van der Waals surface area contributed by atoms with Crippen LogP contribution in [0.3, 0.4) is 0 Å². The third-order valence-electron chi connectivity index (χ3n) is 4.23. The van der Waals surface area contributed by atoms with E-state index in [0.29, 0.717) is 12.6 Å². The molecular weight excluding hydrogens is 350 g/mol. The molecule has 0 bridgehead atoms. The van der Waals surface area contributed by atoms with E-state index in [1.54, 1.807) is 14.2 Å². The molecule has 0 heterocycles. The molecule has 0 spiro atoms. The monoisotopic (exact) mass is 371 g/mol. The molecule has 0 aliphatic heterocycles. The van der Waals surface area contributed by atoms with E-state index in [1.807, 2.05) is 12.1 Å². The molecule has 1 fully saturated rings. The van der Waals surface area contributed by atoms with E-state index in [2.05, 4.69) is 21.2 Å². The Balaban J connectivity index is 1.96. The molecule has 22 heavy (non-hydrogen) atoms. The molecule has 1 aliphatic rings. The third-order valence-corrected chi connectivity index (χ3v) is 4.94. The summed E-state index contributed by atoms with van der Waals surface area (Å²) in [5.74, 6) is 0.672. The molecule has 2 N–H and O–H groups in total. The minimum Gasteiger partial charge on any atom is -0.497 e. The smallest absolute Gasteiger partial charge is 0.306 e. The fourth-order valence-corrected chi connectivity index (χ4v) is 3.41. The fraction of sp³-hybridized carbons (Fsp3) is 0.562. The number of halogens is 1. The van der Waals surface area contributed by atoms with Crippen LogP contribution in [0.25, 0.3) is 0 Å². The van der Waals surface area contributed by atoms with E-state index in [-0.39, 0.29) is 5.92 Å². The summed E-state index contributed by atoms with van der Waals surface area (Å²) in [6.45, 7) is 0.677. The highest BCUT2D eigenvalue weighted by Crippen LogP contribution is 2.33. The summed E-state index contributed by atoms with van der Waals surface area (Å²) < 4.78 is 11.6. The van der Waals surface area contributed by atoms with Crippen LogP contribution in [0.5, 0.6) is 11.5 Å². The molecule has 122 valence electrons. The van der Waals surface area contributed by atoms with Crippen LogP contribution >= 0.6 is 15.9 Å². The molecule has 1 aliphatic carbocycles. The standard InChI is InChI=1S/C16H22BrNO4/c1-21-12-7-14(17)13(15(8-12)22-2)9-18-11-5-3-10(4-6-11)16(19)20/h7-8,10-11,18H,3-6,9H2,1-2H3,(H,19,20). The topological polar surface area (TPSA) is 67.8 Å². The second kappa shape index (κ2) is 7.83. The Hall–Kier alpha value is -1.27. The van der Waals surface area contributed by atoms with Crippen molar-refractivity contribution < 1.29 is 19.4 Å². The van der Waals surface area contributed by atoms with Gasteiger partial charge in [-0.2, -0.15) is 0 Å². The minimum atomic E-state index is -0.669. The van der Waals surface area contributed by atoms with Crippen LogP contribution in [-0.4, -0.2) is 31.3 Å². The van der Waals surface area contributed by atoms with Gasteiger partial charge in [0.1, 0.15) is 11.5 Å².